The minimum atomic E-state index is -1.12. The lowest BCUT2D eigenvalue weighted by Crippen LogP contribution is -2.48. The average molecular weight is 412 g/mol. The molecule has 10 heteroatoms. The number of halogens is 2. The van der Waals surface area contributed by atoms with E-state index in [-0.39, 0.29) is 49.4 Å². The van der Waals surface area contributed by atoms with Gasteiger partial charge in [-0.25, -0.2) is 18.4 Å². The Balaban J connectivity index is 2.39. The van der Waals surface area contributed by atoms with Crippen molar-refractivity contribution in [2.24, 2.45) is 0 Å². The minimum Gasteiger partial charge on any atom is -0.481 e. The molecule has 1 atom stereocenters. The quantitative estimate of drug-likeness (QED) is 0.477. The molecule has 0 bridgehead atoms. The molecule has 1 heterocycles. The normalized spacial score (nSPS) is 16.6. The van der Waals surface area contributed by atoms with E-state index in [1.807, 2.05) is 0 Å². The van der Waals surface area contributed by atoms with Gasteiger partial charge in [-0.1, -0.05) is 6.07 Å². The molecule has 2 N–H and O–H groups in total. The number of hydrogen-bond donors (Lipinski definition) is 2. The number of nitrogens with zero attached hydrogens (tertiary/aromatic N) is 1. The number of esters is 1. The van der Waals surface area contributed by atoms with Crippen LogP contribution in [-0.4, -0.2) is 54.8 Å². The number of urea groups is 1. The van der Waals surface area contributed by atoms with E-state index < -0.39 is 35.6 Å². The molecule has 1 aliphatic heterocycles. The first kappa shape index (κ1) is 22.3. The van der Waals surface area contributed by atoms with Crippen LogP contribution in [0.1, 0.15) is 31.4 Å². The zero-order chi connectivity index (χ0) is 21.6. The summed E-state index contributed by atoms with van der Waals surface area (Å²) in [6, 6.07) is 1.42. The molecule has 0 saturated heterocycles. The number of carboxylic acids is 1. The number of methoxy groups -OCH3 is 1. The van der Waals surface area contributed by atoms with Gasteiger partial charge in [0.05, 0.1) is 18.2 Å². The SMILES string of the molecule is COCCOC(=O)C1=C(C)N(CCCC(=O)O)C(=O)N[C@H]1c1ccc(F)c(F)c1. The number of nitrogens with one attached hydrogen (secondary N) is 1. The van der Waals surface area contributed by atoms with Crippen molar-refractivity contribution in [2.75, 3.05) is 26.9 Å². The third-order valence-electron chi connectivity index (χ3n) is 4.39. The van der Waals surface area contributed by atoms with Crippen LogP contribution in [0.25, 0.3) is 0 Å². The van der Waals surface area contributed by atoms with Crippen LogP contribution in [0, 0.1) is 11.6 Å². The monoisotopic (exact) mass is 412 g/mol. The number of hydrogen-bond acceptors (Lipinski definition) is 5. The van der Waals surface area contributed by atoms with Gasteiger partial charge >= 0.3 is 18.0 Å². The van der Waals surface area contributed by atoms with Crippen LogP contribution in [0.15, 0.2) is 29.5 Å². The standard InChI is InChI=1S/C19H22F2N2O6/c1-11-16(18(26)29-9-8-28-2)17(12-5-6-13(20)14(21)10-12)22-19(27)23(11)7-3-4-15(24)25/h5-6,10,17H,3-4,7-9H2,1-2H3,(H,22,27)(H,24,25)/t17-/m0/s1. The zero-order valence-electron chi connectivity index (χ0n) is 16.0. The number of aliphatic carboxylic acids is 1. The first-order valence-corrected chi connectivity index (χ1v) is 8.87. The molecular formula is C19H22F2N2O6. The molecule has 1 aromatic carbocycles. The maximum Gasteiger partial charge on any atom is 0.338 e. The molecule has 2 amide bonds. The largest absolute Gasteiger partial charge is 0.481 e. The molecule has 0 radical (unpaired) electrons. The number of rotatable bonds is 9. The minimum absolute atomic E-state index is 0.0381. The Hall–Kier alpha value is -3.01. The highest BCUT2D eigenvalue weighted by Gasteiger charge is 2.36. The van der Waals surface area contributed by atoms with Crippen LogP contribution in [-0.2, 0) is 19.1 Å². The number of carbonyl (C=O) groups is 3. The molecule has 8 nitrogen and oxygen atoms in total. The van der Waals surface area contributed by atoms with E-state index in [0.29, 0.717) is 0 Å². The van der Waals surface area contributed by atoms with Gasteiger partial charge in [0.2, 0.25) is 0 Å². The Kier molecular flexibility index (Phi) is 7.66. The fourth-order valence-corrected chi connectivity index (χ4v) is 2.94. The molecule has 158 valence electrons. The van der Waals surface area contributed by atoms with E-state index >= 15 is 0 Å². The van der Waals surface area contributed by atoms with Crippen molar-refractivity contribution in [3.63, 3.8) is 0 Å². The number of benzene rings is 1. The van der Waals surface area contributed by atoms with Gasteiger partial charge in [0, 0.05) is 25.8 Å². The number of allylic oxidation sites excluding steroid dienone is 1. The Bertz CT molecular complexity index is 827. The predicted molar refractivity (Wildman–Crippen MR) is 96.7 cm³/mol. The Morgan fingerprint density at radius 2 is 1.97 bits per heavy atom. The molecule has 0 aliphatic carbocycles. The summed E-state index contributed by atoms with van der Waals surface area (Å²) in [5.74, 6) is -3.94. The van der Waals surface area contributed by atoms with Gasteiger partial charge in [-0.3, -0.25) is 9.69 Å². The molecule has 1 aromatic rings. The van der Waals surface area contributed by atoms with Gasteiger partial charge in [0.25, 0.3) is 0 Å². The third-order valence-corrected chi connectivity index (χ3v) is 4.39. The molecule has 0 saturated carbocycles. The summed E-state index contributed by atoms with van der Waals surface area (Å²) in [6.07, 6.45) is 0.0131. The lowest BCUT2D eigenvalue weighted by Gasteiger charge is -2.35. The average Bonchev–Trinajstić information content (AvgIpc) is 2.66. The van der Waals surface area contributed by atoms with Gasteiger partial charge in [0.15, 0.2) is 11.6 Å². The van der Waals surface area contributed by atoms with Gasteiger partial charge in [0.1, 0.15) is 6.61 Å². The number of carboxylic acid groups (broad SMARTS) is 1. The summed E-state index contributed by atoms with van der Waals surface area (Å²) in [4.78, 5) is 37.2. The second-order valence-corrected chi connectivity index (χ2v) is 6.33. The lowest BCUT2D eigenvalue weighted by atomic mass is 9.94. The first-order chi connectivity index (χ1) is 13.8. The number of ether oxygens (including phenoxy) is 2. The van der Waals surface area contributed by atoms with Crippen molar-refractivity contribution in [1.82, 2.24) is 10.2 Å². The molecule has 0 spiro atoms. The van der Waals surface area contributed by atoms with Crippen LogP contribution in [0.4, 0.5) is 13.6 Å². The van der Waals surface area contributed by atoms with Crippen molar-refractivity contribution >= 4 is 18.0 Å². The maximum atomic E-state index is 13.7. The van der Waals surface area contributed by atoms with Crippen LogP contribution >= 0.6 is 0 Å². The van der Waals surface area contributed by atoms with Crippen molar-refractivity contribution in [3.05, 3.63) is 46.7 Å². The van der Waals surface area contributed by atoms with Crippen molar-refractivity contribution in [2.45, 2.75) is 25.8 Å². The first-order valence-electron chi connectivity index (χ1n) is 8.87. The third kappa shape index (κ3) is 5.50. The molecular weight excluding hydrogens is 390 g/mol. The van der Waals surface area contributed by atoms with Crippen molar-refractivity contribution in [1.29, 1.82) is 0 Å². The number of carbonyl (C=O) groups excluding carboxylic acids is 2. The lowest BCUT2D eigenvalue weighted by molar-refractivity contribution is -0.141. The predicted octanol–water partition coefficient (Wildman–Crippen LogP) is 2.36. The topological polar surface area (TPSA) is 105 Å². The summed E-state index contributed by atoms with van der Waals surface area (Å²) in [7, 11) is 1.44. The Morgan fingerprint density at radius 3 is 2.59 bits per heavy atom. The van der Waals surface area contributed by atoms with Gasteiger partial charge in [-0.15, -0.1) is 0 Å². The summed E-state index contributed by atoms with van der Waals surface area (Å²) in [5, 5.41) is 11.4. The van der Waals surface area contributed by atoms with E-state index in [9.17, 15) is 23.2 Å². The van der Waals surface area contributed by atoms with Gasteiger partial charge in [-0.2, -0.15) is 0 Å². The highest BCUT2D eigenvalue weighted by molar-refractivity contribution is 5.95. The van der Waals surface area contributed by atoms with Crippen LogP contribution < -0.4 is 5.32 Å². The second-order valence-electron chi connectivity index (χ2n) is 6.33. The summed E-state index contributed by atoms with van der Waals surface area (Å²) in [6.45, 7) is 1.69. The molecule has 0 unspecified atom stereocenters. The van der Waals surface area contributed by atoms with Gasteiger partial charge < -0.3 is 19.9 Å². The van der Waals surface area contributed by atoms with E-state index in [2.05, 4.69) is 5.32 Å². The van der Waals surface area contributed by atoms with E-state index in [4.69, 9.17) is 14.6 Å². The molecule has 1 aliphatic rings. The molecule has 0 fully saturated rings. The molecule has 29 heavy (non-hydrogen) atoms. The highest BCUT2D eigenvalue weighted by Crippen LogP contribution is 2.32. The summed E-state index contributed by atoms with van der Waals surface area (Å²) in [5.41, 5.74) is 0.457. The summed E-state index contributed by atoms with van der Waals surface area (Å²) >= 11 is 0. The Labute approximate surface area is 166 Å². The number of amides is 2. The fraction of sp³-hybridized carbons (Fsp3) is 0.421. The maximum absolute atomic E-state index is 13.7. The zero-order valence-corrected chi connectivity index (χ0v) is 16.0. The summed E-state index contributed by atoms with van der Waals surface area (Å²) < 4.78 is 37.0. The second kappa shape index (κ2) is 9.97. The van der Waals surface area contributed by atoms with Gasteiger partial charge in [-0.05, 0) is 31.0 Å². The Morgan fingerprint density at radius 1 is 1.24 bits per heavy atom. The van der Waals surface area contributed by atoms with Crippen molar-refractivity contribution < 1.29 is 37.7 Å². The smallest absolute Gasteiger partial charge is 0.338 e. The van der Waals surface area contributed by atoms with Crippen LogP contribution in [0.5, 0.6) is 0 Å². The molecule has 0 aromatic heterocycles. The molecule has 2 rings (SSSR count). The van der Waals surface area contributed by atoms with Crippen molar-refractivity contribution in [3.8, 4) is 0 Å². The van der Waals surface area contributed by atoms with E-state index in [0.717, 1.165) is 12.1 Å². The van der Waals surface area contributed by atoms with E-state index in [1.165, 1.54) is 25.0 Å². The fourth-order valence-electron chi connectivity index (χ4n) is 2.94. The van der Waals surface area contributed by atoms with E-state index in [1.54, 1.807) is 0 Å². The highest BCUT2D eigenvalue weighted by atomic mass is 19.2. The van der Waals surface area contributed by atoms with Crippen LogP contribution in [0.2, 0.25) is 0 Å². The van der Waals surface area contributed by atoms with Crippen LogP contribution in [0.3, 0.4) is 0 Å².